The van der Waals surface area contributed by atoms with Crippen LogP contribution in [0.1, 0.15) is 24.2 Å². The van der Waals surface area contributed by atoms with E-state index < -0.39 is 9.84 Å². The molecule has 1 aliphatic heterocycles. The number of nitrogens with zero attached hydrogens (tertiary/aromatic N) is 1. The molecule has 1 amide bonds. The van der Waals surface area contributed by atoms with Crippen molar-refractivity contribution in [2.24, 2.45) is 0 Å². The van der Waals surface area contributed by atoms with Crippen LogP contribution >= 0.6 is 0 Å². The van der Waals surface area contributed by atoms with Gasteiger partial charge >= 0.3 is 0 Å². The van der Waals surface area contributed by atoms with E-state index in [-0.39, 0.29) is 36.5 Å². The van der Waals surface area contributed by atoms with Crippen LogP contribution in [0, 0.1) is 0 Å². The molecule has 110 valence electrons. The first kappa shape index (κ1) is 14.8. The van der Waals surface area contributed by atoms with Gasteiger partial charge in [0.15, 0.2) is 9.84 Å². The molecule has 0 atom stereocenters. The lowest BCUT2D eigenvalue weighted by molar-refractivity contribution is 0.0771. The fourth-order valence-corrected chi connectivity index (χ4v) is 3.39. The van der Waals surface area contributed by atoms with Gasteiger partial charge in [-0.1, -0.05) is 12.1 Å². The molecule has 1 fully saturated rings. The van der Waals surface area contributed by atoms with E-state index in [1.54, 1.807) is 11.0 Å². The summed E-state index contributed by atoms with van der Waals surface area (Å²) < 4.78 is 22.8. The van der Waals surface area contributed by atoms with Crippen LogP contribution in [-0.4, -0.2) is 49.9 Å². The number of rotatable bonds is 3. The number of hydrogen-bond donors (Lipinski definition) is 1. The van der Waals surface area contributed by atoms with Gasteiger partial charge in [0.05, 0.1) is 17.1 Å². The van der Waals surface area contributed by atoms with Gasteiger partial charge in [-0.15, -0.1) is 0 Å². The van der Waals surface area contributed by atoms with Crippen LogP contribution in [0.2, 0.25) is 0 Å². The number of sulfone groups is 1. The second kappa shape index (κ2) is 5.83. The zero-order chi connectivity index (χ0) is 14.8. The number of amides is 1. The van der Waals surface area contributed by atoms with Crippen molar-refractivity contribution in [3.05, 3.63) is 29.8 Å². The van der Waals surface area contributed by atoms with Crippen molar-refractivity contribution in [3.8, 4) is 0 Å². The third-order valence-electron chi connectivity index (χ3n) is 3.23. The van der Waals surface area contributed by atoms with E-state index in [1.807, 2.05) is 32.0 Å². The van der Waals surface area contributed by atoms with Crippen molar-refractivity contribution in [3.63, 3.8) is 0 Å². The average molecular weight is 296 g/mol. The molecule has 0 bridgehead atoms. The van der Waals surface area contributed by atoms with Crippen LogP contribution in [0.4, 0.5) is 5.69 Å². The third-order valence-corrected chi connectivity index (χ3v) is 4.84. The number of benzene rings is 1. The predicted molar refractivity (Wildman–Crippen MR) is 79.8 cm³/mol. The molecule has 0 radical (unpaired) electrons. The summed E-state index contributed by atoms with van der Waals surface area (Å²) in [5.74, 6) is 0.000435. The second-order valence-corrected chi connectivity index (χ2v) is 7.59. The van der Waals surface area contributed by atoms with Gasteiger partial charge in [-0.05, 0) is 26.0 Å². The summed E-state index contributed by atoms with van der Waals surface area (Å²) in [5.41, 5.74) is 1.39. The summed E-state index contributed by atoms with van der Waals surface area (Å²) in [6.07, 6.45) is 0. The van der Waals surface area contributed by atoms with Crippen LogP contribution in [-0.2, 0) is 9.84 Å². The Kier molecular flexibility index (Phi) is 4.32. The lowest BCUT2D eigenvalue weighted by Gasteiger charge is -2.27. The summed E-state index contributed by atoms with van der Waals surface area (Å²) >= 11 is 0. The lowest BCUT2D eigenvalue weighted by atomic mass is 10.1. The number of para-hydroxylation sites is 1. The highest BCUT2D eigenvalue weighted by molar-refractivity contribution is 7.91. The molecular formula is C14H20N2O3S. The van der Waals surface area contributed by atoms with Crippen molar-refractivity contribution >= 4 is 21.4 Å². The van der Waals surface area contributed by atoms with Crippen molar-refractivity contribution in [2.75, 3.05) is 29.9 Å². The molecule has 0 saturated carbocycles. The smallest absolute Gasteiger partial charge is 0.256 e. The van der Waals surface area contributed by atoms with E-state index >= 15 is 0 Å². The molecule has 1 N–H and O–H groups in total. The molecule has 1 aliphatic rings. The van der Waals surface area contributed by atoms with E-state index in [2.05, 4.69) is 5.32 Å². The zero-order valence-electron chi connectivity index (χ0n) is 11.8. The van der Waals surface area contributed by atoms with Crippen LogP contribution in [0.3, 0.4) is 0 Å². The quantitative estimate of drug-likeness (QED) is 0.915. The van der Waals surface area contributed by atoms with Crippen LogP contribution < -0.4 is 5.32 Å². The van der Waals surface area contributed by atoms with Gasteiger partial charge in [-0.25, -0.2) is 8.42 Å². The summed E-state index contributed by atoms with van der Waals surface area (Å²) in [5, 5.41) is 3.24. The highest BCUT2D eigenvalue weighted by Crippen LogP contribution is 2.19. The molecule has 0 aliphatic carbocycles. The van der Waals surface area contributed by atoms with Gasteiger partial charge in [-0.3, -0.25) is 4.79 Å². The first-order valence-electron chi connectivity index (χ1n) is 6.74. The first-order chi connectivity index (χ1) is 9.39. The summed E-state index contributed by atoms with van der Waals surface area (Å²) in [4.78, 5) is 14.1. The summed E-state index contributed by atoms with van der Waals surface area (Å²) in [7, 11) is -2.97. The van der Waals surface area contributed by atoms with Gasteiger partial charge < -0.3 is 10.2 Å². The Morgan fingerprint density at radius 1 is 1.20 bits per heavy atom. The largest absolute Gasteiger partial charge is 0.382 e. The first-order valence-corrected chi connectivity index (χ1v) is 8.56. The maximum absolute atomic E-state index is 12.5. The summed E-state index contributed by atoms with van der Waals surface area (Å²) in [6, 6.07) is 7.57. The molecule has 1 heterocycles. The molecule has 0 spiro atoms. The Bertz CT molecular complexity index is 582. The Hall–Kier alpha value is -1.56. The molecule has 2 rings (SSSR count). The minimum absolute atomic E-state index is 0.0541. The highest BCUT2D eigenvalue weighted by atomic mass is 32.2. The number of nitrogens with one attached hydrogen (secondary N) is 1. The number of carbonyl (C=O) groups is 1. The topological polar surface area (TPSA) is 66.5 Å². The van der Waals surface area contributed by atoms with Crippen LogP contribution in [0.25, 0.3) is 0 Å². The molecule has 6 heteroatoms. The van der Waals surface area contributed by atoms with Crippen LogP contribution in [0.15, 0.2) is 24.3 Å². The van der Waals surface area contributed by atoms with Crippen molar-refractivity contribution in [2.45, 2.75) is 19.9 Å². The standard InChI is InChI=1S/C14H20N2O3S/c1-11(2)15-13-6-4-3-5-12(13)14(17)16-7-9-20(18,19)10-8-16/h3-6,11,15H,7-10H2,1-2H3. The molecule has 1 saturated heterocycles. The Morgan fingerprint density at radius 2 is 1.80 bits per heavy atom. The maximum Gasteiger partial charge on any atom is 0.256 e. The summed E-state index contributed by atoms with van der Waals surface area (Å²) in [6.45, 7) is 4.57. The number of carbonyl (C=O) groups excluding carboxylic acids is 1. The van der Waals surface area contributed by atoms with Crippen molar-refractivity contribution in [1.29, 1.82) is 0 Å². The normalized spacial score (nSPS) is 18.1. The van der Waals surface area contributed by atoms with E-state index in [1.165, 1.54) is 0 Å². The van der Waals surface area contributed by atoms with E-state index in [4.69, 9.17) is 0 Å². The Labute approximate surface area is 119 Å². The van der Waals surface area contributed by atoms with E-state index in [9.17, 15) is 13.2 Å². The van der Waals surface area contributed by atoms with Gasteiger partial charge in [-0.2, -0.15) is 0 Å². The lowest BCUT2D eigenvalue weighted by Crippen LogP contribution is -2.43. The highest BCUT2D eigenvalue weighted by Gasteiger charge is 2.26. The zero-order valence-corrected chi connectivity index (χ0v) is 12.6. The minimum atomic E-state index is -2.97. The molecule has 0 unspecified atom stereocenters. The minimum Gasteiger partial charge on any atom is -0.382 e. The van der Waals surface area contributed by atoms with E-state index in [0.29, 0.717) is 5.56 Å². The fourth-order valence-electron chi connectivity index (χ4n) is 2.19. The number of hydrogen-bond acceptors (Lipinski definition) is 4. The van der Waals surface area contributed by atoms with Crippen molar-refractivity contribution < 1.29 is 13.2 Å². The maximum atomic E-state index is 12.5. The van der Waals surface area contributed by atoms with Gasteiger partial charge in [0.25, 0.3) is 5.91 Å². The fraction of sp³-hybridized carbons (Fsp3) is 0.500. The number of anilines is 1. The molecular weight excluding hydrogens is 276 g/mol. The SMILES string of the molecule is CC(C)Nc1ccccc1C(=O)N1CCS(=O)(=O)CC1. The Balaban J connectivity index is 2.17. The molecule has 5 nitrogen and oxygen atoms in total. The Morgan fingerprint density at radius 3 is 2.40 bits per heavy atom. The van der Waals surface area contributed by atoms with Gasteiger partial charge in [0, 0.05) is 24.8 Å². The van der Waals surface area contributed by atoms with E-state index in [0.717, 1.165) is 5.69 Å². The van der Waals surface area contributed by atoms with Gasteiger partial charge in [0.2, 0.25) is 0 Å². The van der Waals surface area contributed by atoms with Gasteiger partial charge in [0.1, 0.15) is 0 Å². The second-order valence-electron chi connectivity index (χ2n) is 5.29. The monoisotopic (exact) mass is 296 g/mol. The van der Waals surface area contributed by atoms with Crippen LogP contribution in [0.5, 0.6) is 0 Å². The predicted octanol–water partition coefficient (Wildman–Crippen LogP) is 1.38. The third kappa shape index (κ3) is 3.50. The molecule has 20 heavy (non-hydrogen) atoms. The molecule has 0 aromatic heterocycles. The molecule has 1 aromatic carbocycles. The van der Waals surface area contributed by atoms with Crippen molar-refractivity contribution in [1.82, 2.24) is 4.90 Å². The molecule has 1 aromatic rings. The average Bonchev–Trinajstić information content (AvgIpc) is 2.38.